The van der Waals surface area contributed by atoms with E-state index in [1.165, 1.54) is 0 Å². The lowest BCUT2D eigenvalue weighted by molar-refractivity contribution is -0.143. The van der Waals surface area contributed by atoms with Gasteiger partial charge in [-0.1, -0.05) is 0 Å². The van der Waals surface area contributed by atoms with Crippen LogP contribution < -0.4 is 10.1 Å². The Morgan fingerprint density at radius 3 is 1.71 bits per heavy atom. The van der Waals surface area contributed by atoms with E-state index in [0.717, 1.165) is 36.4 Å². The minimum absolute atomic E-state index is 0.140. The monoisotopic (exact) mass is 511 g/mol. The van der Waals surface area contributed by atoms with Crippen molar-refractivity contribution < 1.29 is 53.4 Å². The fourth-order valence-corrected chi connectivity index (χ4v) is 2.84. The third kappa shape index (κ3) is 6.43. The van der Waals surface area contributed by atoms with Crippen LogP contribution >= 0.6 is 0 Å². The second-order valence-corrected chi connectivity index (χ2v) is 7.01. The summed E-state index contributed by atoms with van der Waals surface area (Å²) >= 11 is 0. The topological polar surface area (TPSA) is 38.3 Å². The van der Waals surface area contributed by atoms with Crippen molar-refractivity contribution >= 4 is 11.6 Å². The van der Waals surface area contributed by atoms with E-state index in [9.17, 15) is 48.7 Å². The van der Waals surface area contributed by atoms with Crippen molar-refractivity contribution in [3.05, 3.63) is 88.7 Å². The molecule has 0 unspecified atom stereocenters. The summed E-state index contributed by atoms with van der Waals surface area (Å²) in [6.07, 6.45) is -15.5. The highest BCUT2D eigenvalue weighted by Gasteiger charge is 2.38. The molecule has 3 aromatic rings. The lowest BCUT2D eigenvalue weighted by Gasteiger charge is -2.16. The maximum absolute atomic E-state index is 13.5. The number of rotatable bonds is 4. The van der Waals surface area contributed by atoms with E-state index in [2.05, 4.69) is 0 Å². The number of hydrogen-bond acceptors (Lipinski definition) is 2. The number of halogens is 10. The Balaban J connectivity index is 1.95. The van der Waals surface area contributed by atoms with Gasteiger partial charge in [0.1, 0.15) is 22.9 Å². The number of anilines is 1. The number of alkyl halides is 9. The second kappa shape index (κ2) is 9.12. The molecular formula is C22H11F10NO2. The Labute approximate surface area is 189 Å². The third-order valence-electron chi connectivity index (χ3n) is 4.43. The molecule has 13 heteroatoms. The molecule has 0 bridgehead atoms. The molecule has 3 aromatic carbocycles. The van der Waals surface area contributed by atoms with Crippen LogP contribution in [0.25, 0.3) is 0 Å². The number of hydrogen-bond donors (Lipinski definition) is 1. The molecule has 0 atom stereocenters. The quantitative estimate of drug-likeness (QED) is 0.362. The van der Waals surface area contributed by atoms with E-state index in [1.54, 1.807) is 0 Å². The van der Waals surface area contributed by atoms with Gasteiger partial charge in [0.15, 0.2) is 0 Å². The number of carbonyl (C=O) groups is 1. The molecule has 0 fully saturated rings. The van der Waals surface area contributed by atoms with Gasteiger partial charge in [-0.25, -0.2) is 4.39 Å². The number of benzene rings is 3. The fourth-order valence-electron chi connectivity index (χ4n) is 2.84. The Morgan fingerprint density at radius 1 is 0.686 bits per heavy atom. The number of amides is 1. The summed E-state index contributed by atoms with van der Waals surface area (Å²) in [6, 6.07) is 6.11. The predicted molar refractivity (Wildman–Crippen MR) is 102 cm³/mol. The first-order valence-electron chi connectivity index (χ1n) is 9.29. The van der Waals surface area contributed by atoms with Crippen molar-refractivity contribution in [3.8, 4) is 11.5 Å². The molecule has 1 N–H and O–H groups in total. The molecule has 0 aliphatic rings. The summed E-state index contributed by atoms with van der Waals surface area (Å²) < 4.78 is 137. The summed E-state index contributed by atoms with van der Waals surface area (Å²) in [5.74, 6) is -3.09. The maximum Gasteiger partial charge on any atom is 0.420 e. The average molecular weight is 511 g/mol. The molecule has 3 rings (SSSR count). The number of ether oxygens (including phenoxy) is 1. The van der Waals surface area contributed by atoms with E-state index >= 15 is 0 Å². The average Bonchev–Trinajstić information content (AvgIpc) is 2.74. The van der Waals surface area contributed by atoms with Crippen molar-refractivity contribution in [2.24, 2.45) is 0 Å². The lowest BCUT2D eigenvalue weighted by Crippen LogP contribution is -2.17. The highest BCUT2D eigenvalue weighted by atomic mass is 19.4. The Hall–Kier alpha value is -3.77. The number of carbonyl (C=O) groups excluding carboxylic acids is 1. The third-order valence-corrected chi connectivity index (χ3v) is 4.43. The molecule has 0 heterocycles. The van der Waals surface area contributed by atoms with Crippen LogP contribution in [0.1, 0.15) is 27.0 Å². The molecule has 3 nitrogen and oxygen atoms in total. The van der Waals surface area contributed by atoms with Gasteiger partial charge in [-0.3, -0.25) is 4.79 Å². The molecule has 0 saturated carbocycles. The van der Waals surface area contributed by atoms with Gasteiger partial charge in [0, 0.05) is 11.3 Å². The Kier molecular flexibility index (Phi) is 6.73. The molecule has 0 aliphatic heterocycles. The van der Waals surface area contributed by atoms with Crippen molar-refractivity contribution in [1.29, 1.82) is 0 Å². The van der Waals surface area contributed by atoms with Gasteiger partial charge in [0.05, 0.1) is 11.1 Å². The van der Waals surface area contributed by atoms with Crippen LogP contribution in [0.2, 0.25) is 0 Å². The first kappa shape index (κ1) is 25.8. The van der Waals surface area contributed by atoms with Gasteiger partial charge in [0.25, 0.3) is 5.91 Å². The smallest absolute Gasteiger partial charge is 0.420 e. The molecule has 1 amide bonds. The number of nitrogens with one attached hydrogen (secondary N) is 1. The molecule has 186 valence electrons. The van der Waals surface area contributed by atoms with Crippen LogP contribution in [0.15, 0.2) is 60.7 Å². The van der Waals surface area contributed by atoms with E-state index in [4.69, 9.17) is 4.74 Å². The van der Waals surface area contributed by atoms with Crippen molar-refractivity contribution in [2.75, 3.05) is 5.32 Å². The van der Waals surface area contributed by atoms with E-state index in [0.29, 0.717) is 6.07 Å². The lowest BCUT2D eigenvalue weighted by atomic mass is 10.0. The largest absolute Gasteiger partial charge is 0.457 e. The summed E-state index contributed by atoms with van der Waals surface area (Å²) in [7, 11) is 0. The molecule has 0 radical (unpaired) electrons. The van der Waals surface area contributed by atoms with Gasteiger partial charge in [-0.05, 0) is 60.7 Å². The van der Waals surface area contributed by atoms with Crippen molar-refractivity contribution in [2.45, 2.75) is 18.5 Å². The zero-order valence-corrected chi connectivity index (χ0v) is 16.9. The molecular weight excluding hydrogens is 500 g/mol. The fraction of sp³-hybridized carbons (Fsp3) is 0.136. The van der Waals surface area contributed by atoms with Crippen LogP contribution in [-0.2, 0) is 18.5 Å². The highest BCUT2D eigenvalue weighted by molar-refractivity contribution is 6.04. The van der Waals surface area contributed by atoms with E-state index < -0.39 is 63.9 Å². The van der Waals surface area contributed by atoms with E-state index in [1.807, 2.05) is 5.32 Å². The van der Waals surface area contributed by atoms with Crippen LogP contribution in [0.4, 0.5) is 49.6 Å². The first-order valence-corrected chi connectivity index (χ1v) is 9.29. The van der Waals surface area contributed by atoms with Crippen LogP contribution in [-0.4, -0.2) is 5.91 Å². The van der Waals surface area contributed by atoms with Crippen molar-refractivity contribution in [1.82, 2.24) is 0 Å². The zero-order valence-electron chi connectivity index (χ0n) is 16.9. The molecule has 0 saturated heterocycles. The Bertz CT molecular complexity index is 1200. The van der Waals surface area contributed by atoms with E-state index in [-0.39, 0.29) is 23.9 Å². The summed E-state index contributed by atoms with van der Waals surface area (Å²) in [5, 5.41) is 1.85. The predicted octanol–water partition coefficient (Wildman–Crippen LogP) is 7.93. The second-order valence-electron chi connectivity index (χ2n) is 7.01. The van der Waals surface area contributed by atoms with Gasteiger partial charge in [-0.2, -0.15) is 39.5 Å². The van der Waals surface area contributed by atoms with Crippen LogP contribution in [0, 0.1) is 5.82 Å². The molecule has 0 aliphatic carbocycles. The summed E-state index contributed by atoms with van der Waals surface area (Å²) in [6.45, 7) is 0. The minimum Gasteiger partial charge on any atom is -0.457 e. The van der Waals surface area contributed by atoms with Gasteiger partial charge in [-0.15, -0.1) is 0 Å². The molecule has 0 spiro atoms. The SMILES string of the molecule is O=C(Nc1ccc(Oc2ccc(F)cc2)c(C(F)(F)F)c1)c1cc(C(F)(F)F)cc(C(F)(F)F)c1. The molecule has 0 aromatic heterocycles. The molecule has 35 heavy (non-hydrogen) atoms. The van der Waals surface area contributed by atoms with Crippen LogP contribution in [0.3, 0.4) is 0 Å². The summed E-state index contributed by atoms with van der Waals surface area (Å²) in [5.41, 5.74) is -6.61. The normalized spacial score (nSPS) is 12.4. The van der Waals surface area contributed by atoms with Gasteiger partial charge in [0.2, 0.25) is 0 Å². The van der Waals surface area contributed by atoms with Gasteiger partial charge >= 0.3 is 18.5 Å². The summed E-state index contributed by atoms with van der Waals surface area (Å²) in [4.78, 5) is 12.3. The van der Waals surface area contributed by atoms with Crippen molar-refractivity contribution in [3.63, 3.8) is 0 Å². The van der Waals surface area contributed by atoms with Gasteiger partial charge < -0.3 is 10.1 Å². The zero-order chi connectivity index (χ0) is 26.2. The Morgan fingerprint density at radius 2 is 1.23 bits per heavy atom. The van der Waals surface area contributed by atoms with Crippen LogP contribution in [0.5, 0.6) is 11.5 Å². The minimum atomic E-state index is -5.22. The standard InChI is InChI=1S/C22H11F10NO2/c23-14-1-4-16(5-2-14)35-18-6-3-15(10-17(18)22(30,31)32)33-19(34)11-7-12(20(24,25)26)9-13(8-11)21(27,28)29/h1-10H,(H,33,34). The maximum atomic E-state index is 13.5. The first-order chi connectivity index (χ1) is 16.0. The highest BCUT2D eigenvalue weighted by Crippen LogP contribution is 2.40.